The predicted octanol–water partition coefficient (Wildman–Crippen LogP) is 4.03. The van der Waals surface area contributed by atoms with Gasteiger partial charge in [0.2, 0.25) is 0 Å². The van der Waals surface area contributed by atoms with Gasteiger partial charge in [0.05, 0.1) is 17.4 Å². The fourth-order valence-corrected chi connectivity index (χ4v) is 2.49. The molecule has 0 saturated carbocycles. The molecule has 1 heterocycles. The van der Waals surface area contributed by atoms with Crippen LogP contribution in [0.2, 0.25) is 0 Å². The van der Waals surface area contributed by atoms with Crippen molar-refractivity contribution in [3.05, 3.63) is 58.6 Å². The van der Waals surface area contributed by atoms with E-state index in [4.69, 9.17) is 0 Å². The van der Waals surface area contributed by atoms with Gasteiger partial charge in [-0.1, -0.05) is 46.3 Å². The Morgan fingerprint density at radius 1 is 1.00 bits per heavy atom. The van der Waals surface area contributed by atoms with Crippen molar-refractivity contribution in [1.82, 2.24) is 0 Å². The van der Waals surface area contributed by atoms with E-state index in [1.807, 2.05) is 6.07 Å². The molecule has 2 aromatic rings. The van der Waals surface area contributed by atoms with Crippen molar-refractivity contribution in [2.75, 3.05) is 17.2 Å². The first-order valence-corrected chi connectivity index (χ1v) is 6.47. The van der Waals surface area contributed by atoms with Gasteiger partial charge in [-0.25, -0.2) is 0 Å². The Morgan fingerprint density at radius 3 is 2.65 bits per heavy atom. The minimum absolute atomic E-state index is 0.338. The van der Waals surface area contributed by atoms with Crippen molar-refractivity contribution in [1.29, 1.82) is 0 Å². The summed E-state index contributed by atoms with van der Waals surface area (Å²) in [6.45, 7) is 0.910. The molecule has 2 N–H and O–H groups in total. The van der Waals surface area contributed by atoms with Crippen molar-refractivity contribution >= 4 is 27.3 Å². The zero-order valence-corrected chi connectivity index (χ0v) is 10.9. The maximum Gasteiger partial charge on any atom is 0.0687 e. The van der Waals surface area contributed by atoms with Gasteiger partial charge in [0.25, 0.3) is 0 Å². The van der Waals surface area contributed by atoms with Crippen LogP contribution in [-0.2, 0) is 0 Å². The highest BCUT2D eigenvalue weighted by atomic mass is 79.9. The van der Waals surface area contributed by atoms with E-state index in [1.54, 1.807) is 0 Å². The molecule has 0 radical (unpaired) electrons. The maximum absolute atomic E-state index is 3.56. The summed E-state index contributed by atoms with van der Waals surface area (Å²) in [6, 6.07) is 17.1. The first kappa shape index (κ1) is 10.7. The SMILES string of the molecule is Brc1ccc2c(c1)NC[C@@H](c1ccccc1)N2. The van der Waals surface area contributed by atoms with E-state index in [0.29, 0.717) is 6.04 Å². The van der Waals surface area contributed by atoms with Gasteiger partial charge in [-0.2, -0.15) is 0 Å². The van der Waals surface area contributed by atoms with Gasteiger partial charge in [-0.15, -0.1) is 0 Å². The normalized spacial score (nSPS) is 17.8. The monoisotopic (exact) mass is 288 g/mol. The predicted molar refractivity (Wildman–Crippen MR) is 75.4 cm³/mol. The van der Waals surface area contributed by atoms with Crippen molar-refractivity contribution in [3.8, 4) is 0 Å². The molecule has 0 unspecified atom stereocenters. The number of halogens is 1. The van der Waals surface area contributed by atoms with Crippen LogP contribution in [0.5, 0.6) is 0 Å². The lowest BCUT2D eigenvalue weighted by atomic mass is 10.0. The van der Waals surface area contributed by atoms with Gasteiger partial charge in [0.15, 0.2) is 0 Å². The number of fused-ring (bicyclic) bond motifs is 1. The second kappa shape index (κ2) is 4.41. The van der Waals surface area contributed by atoms with Crippen LogP contribution in [-0.4, -0.2) is 6.54 Å². The third-order valence-electron chi connectivity index (χ3n) is 3.01. The standard InChI is InChI=1S/C14H13BrN2/c15-11-6-7-12-13(8-11)16-9-14(17-12)10-4-2-1-3-5-10/h1-8,14,16-17H,9H2/t14-/m0/s1. The van der Waals surface area contributed by atoms with Crippen LogP contribution >= 0.6 is 15.9 Å². The van der Waals surface area contributed by atoms with E-state index in [9.17, 15) is 0 Å². The van der Waals surface area contributed by atoms with Crippen LogP contribution in [0, 0.1) is 0 Å². The summed E-state index contributed by atoms with van der Waals surface area (Å²) in [5, 5.41) is 7.02. The van der Waals surface area contributed by atoms with Crippen molar-refractivity contribution in [2.45, 2.75) is 6.04 Å². The molecule has 0 amide bonds. The largest absolute Gasteiger partial charge is 0.381 e. The lowest BCUT2D eigenvalue weighted by molar-refractivity contribution is 0.803. The zero-order valence-electron chi connectivity index (χ0n) is 9.28. The molecule has 2 nitrogen and oxygen atoms in total. The van der Waals surface area contributed by atoms with Gasteiger partial charge < -0.3 is 10.6 Å². The van der Waals surface area contributed by atoms with E-state index in [-0.39, 0.29) is 0 Å². The summed E-state index contributed by atoms with van der Waals surface area (Å²) in [6.07, 6.45) is 0. The smallest absolute Gasteiger partial charge is 0.0687 e. The van der Waals surface area contributed by atoms with Crippen LogP contribution in [0.25, 0.3) is 0 Å². The molecule has 1 aliphatic heterocycles. The van der Waals surface area contributed by atoms with Crippen LogP contribution in [0.15, 0.2) is 53.0 Å². The summed E-state index contributed by atoms with van der Waals surface area (Å²) < 4.78 is 1.10. The van der Waals surface area contributed by atoms with Crippen molar-refractivity contribution < 1.29 is 0 Å². The van der Waals surface area contributed by atoms with Crippen molar-refractivity contribution in [3.63, 3.8) is 0 Å². The molecule has 1 aliphatic rings. The summed E-state index contributed by atoms with van der Waals surface area (Å²) in [5.74, 6) is 0. The summed E-state index contributed by atoms with van der Waals surface area (Å²) >= 11 is 3.48. The molecule has 0 fully saturated rings. The molecule has 17 heavy (non-hydrogen) atoms. The summed E-state index contributed by atoms with van der Waals surface area (Å²) in [4.78, 5) is 0. The Morgan fingerprint density at radius 2 is 1.82 bits per heavy atom. The van der Waals surface area contributed by atoms with Crippen LogP contribution in [0.4, 0.5) is 11.4 Å². The topological polar surface area (TPSA) is 24.1 Å². The van der Waals surface area contributed by atoms with E-state index < -0.39 is 0 Å². The maximum atomic E-state index is 3.56. The van der Waals surface area contributed by atoms with Crippen LogP contribution in [0.1, 0.15) is 11.6 Å². The van der Waals surface area contributed by atoms with E-state index >= 15 is 0 Å². The summed E-state index contributed by atoms with van der Waals surface area (Å²) in [5.41, 5.74) is 3.63. The number of hydrogen-bond acceptors (Lipinski definition) is 2. The molecule has 86 valence electrons. The lowest BCUT2D eigenvalue weighted by Gasteiger charge is -2.28. The molecule has 3 rings (SSSR count). The molecule has 2 aromatic carbocycles. The Kier molecular flexibility index (Phi) is 2.77. The number of anilines is 2. The average Bonchev–Trinajstić information content (AvgIpc) is 2.39. The number of nitrogens with one attached hydrogen (secondary N) is 2. The highest BCUT2D eigenvalue weighted by Gasteiger charge is 2.18. The van der Waals surface area contributed by atoms with Gasteiger partial charge in [0, 0.05) is 11.0 Å². The number of hydrogen-bond donors (Lipinski definition) is 2. The van der Waals surface area contributed by atoms with E-state index in [2.05, 4.69) is 69.0 Å². The van der Waals surface area contributed by atoms with Crippen LogP contribution in [0.3, 0.4) is 0 Å². The Bertz CT molecular complexity index is 525. The van der Waals surface area contributed by atoms with E-state index in [1.165, 1.54) is 5.56 Å². The average molecular weight is 289 g/mol. The highest BCUT2D eigenvalue weighted by molar-refractivity contribution is 9.10. The molecular formula is C14H13BrN2. The molecule has 0 spiro atoms. The van der Waals surface area contributed by atoms with E-state index in [0.717, 1.165) is 22.4 Å². The molecule has 0 bridgehead atoms. The van der Waals surface area contributed by atoms with Gasteiger partial charge in [0.1, 0.15) is 0 Å². The molecular weight excluding hydrogens is 276 g/mol. The van der Waals surface area contributed by atoms with Crippen LogP contribution < -0.4 is 10.6 Å². The zero-order chi connectivity index (χ0) is 11.7. The molecule has 0 aliphatic carbocycles. The minimum atomic E-state index is 0.338. The Hall–Kier alpha value is -1.48. The minimum Gasteiger partial charge on any atom is -0.381 e. The third-order valence-corrected chi connectivity index (χ3v) is 3.50. The molecule has 0 aromatic heterocycles. The molecule has 3 heteroatoms. The molecule has 0 saturated heterocycles. The first-order chi connectivity index (χ1) is 8.33. The second-order valence-corrected chi connectivity index (χ2v) is 5.09. The first-order valence-electron chi connectivity index (χ1n) is 5.68. The Balaban J connectivity index is 1.88. The van der Waals surface area contributed by atoms with Gasteiger partial charge in [-0.3, -0.25) is 0 Å². The highest BCUT2D eigenvalue weighted by Crippen LogP contribution is 2.33. The number of rotatable bonds is 1. The van der Waals surface area contributed by atoms with Gasteiger partial charge >= 0.3 is 0 Å². The fraction of sp³-hybridized carbons (Fsp3) is 0.143. The molecule has 1 atom stereocenters. The third kappa shape index (κ3) is 2.15. The quantitative estimate of drug-likeness (QED) is 0.828. The number of benzene rings is 2. The fourth-order valence-electron chi connectivity index (χ4n) is 2.13. The Labute approximate surface area is 109 Å². The van der Waals surface area contributed by atoms with Crippen molar-refractivity contribution in [2.24, 2.45) is 0 Å². The van der Waals surface area contributed by atoms with Gasteiger partial charge in [-0.05, 0) is 23.8 Å². The second-order valence-electron chi connectivity index (χ2n) is 4.18. The lowest BCUT2D eigenvalue weighted by Crippen LogP contribution is -2.25. The summed E-state index contributed by atoms with van der Waals surface area (Å²) in [7, 11) is 0.